The van der Waals surface area contributed by atoms with Crippen molar-refractivity contribution in [2.45, 2.75) is 0 Å². The van der Waals surface area contributed by atoms with Crippen molar-refractivity contribution < 1.29 is 13.3 Å². The van der Waals surface area contributed by atoms with Gasteiger partial charge in [-0.2, -0.15) is 0 Å². The quantitative estimate of drug-likeness (QED) is 0.446. The predicted octanol–water partition coefficient (Wildman–Crippen LogP) is -0.612. The van der Waals surface area contributed by atoms with Crippen LogP contribution in [0.2, 0.25) is 0 Å². The van der Waals surface area contributed by atoms with Gasteiger partial charge in [-0.1, -0.05) is 0 Å². The molecule has 1 aromatic rings. The van der Waals surface area contributed by atoms with Crippen LogP contribution in [-0.2, 0) is 10.0 Å². The van der Waals surface area contributed by atoms with E-state index in [1.165, 1.54) is 14.1 Å². The molecule has 0 unspecified atom stereocenters. The third-order valence-corrected chi connectivity index (χ3v) is 3.58. The minimum absolute atomic E-state index is 0.00974. The summed E-state index contributed by atoms with van der Waals surface area (Å²) >= 11 is 0. The van der Waals surface area contributed by atoms with Gasteiger partial charge in [0.25, 0.3) is 0 Å². The van der Waals surface area contributed by atoms with E-state index in [0.717, 1.165) is 6.33 Å². The minimum Gasteiger partial charge on any atom is -0.367 e. The lowest BCUT2D eigenvalue weighted by Crippen LogP contribution is -2.26. The normalized spacial score (nSPS) is 11.1. The highest BCUT2D eigenvalue weighted by Gasteiger charge is 2.22. The lowest BCUT2D eigenvalue weighted by molar-refractivity contribution is -0.383. The first-order chi connectivity index (χ1) is 8.91. The van der Waals surface area contributed by atoms with E-state index >= 15 is 0 Å². The molecular weight excluding hydrogens is 276 g/mol. The topological polar surface area (TPSA) is 139 Å². The number of anilines is 2. The monoisotopic (exact) mass is 290 g/mol. The van der Waals surface area contributed by atoms with Crippen molar-refractivity contribution in [3.05, 3.63) is 16.4 Å². The Morgan fingerprint density at radius 3 is 2.47 bits per heavy atom. The molecule has 0 bridgehead atoms. The maximum absolute atomic E-state index is 11.2. The van der Waals surface area contributed by atoms with Crippen LogP contribution < -0.4 is 15.4 Å². The van der Waals surface area contributed by atoms with Gasteiger partial charge >= 0.3 is 5.69 Å². The van der Waals surface area contributed by atoms with Gasteiger partial charge in [-0.15, -0.1) is 0 Å². The Morgan fingerprint density at radius 1 is 1.32 bits per heavy atom. The number of rotatable bonds is 7. The molecule has 10 nitrogen and oxygen atoms in total. The molecule has 0 fully saturated rings. The molecule has 1 heterocycles. The van der Waals surface area contributed by atoms with E-state index in [-0.39, 0.29) is 29.6 Å². The molecule has 0 radical (unpaired) electrons. The van der Waals surface area contributed by atoms with E-state index in [4.69, 9.17) is 0 Å². The number of aromatic nitrogens is 2. The zero-order chi connectivity index (χ0) is 14.5. The smallest absolute Gasteiger partial charge is 0.353 e. The number of sulfonamides is 1. The molecule has 0 atom stereocenters. The van der Waals surface area contributed by atoms with Crippen molar-refractivity contribution in [2.24, 2.45) is 0 Å². The van der Waals surface area contributed by atoms with Gasteiger partial charge in [0.15, 0.2) is 0 Å². The molecule has 1 aromatic heterocycles. The molecule has 0 aromatic carbocycles. The van der Waals surface area contributed by atoms with E-state index in [9.17, 15) is 18.5 Å². The second kappa shape index (κ2) is 6.24. The average molecular weight is 290 g/mol. The fraction of sp³-hybridized carbons (Fsp3) is 0.500. The Labute approximate surface area is 109 Å². The zero-order valence-corrected chi connectivity index (χ0v) is 11.2. The Balaban J connectivity index is 2.87. The van der Waals surface area contributed by atoms with Crippen molar-refractivity contribution in [2.75, 3.05) is 37.0 Å². The molecule has 3 N–H and O–H groups in total. The molecule has 0 spiro atoms. The van der Waals surface area contributed by atoms with Crippen LogP contribution in [0.15, 0.2) is 6.33 Å². The first kappa shape index (κ1) is 15.0. The van der Waals surface area contributed by atoms with E-state index in [1.807, 2.05) is 0 Å². The molecular formula is C8H14N6O4S. The fourth-order valence-electron chi connectivity index (χ4n) is 1.27. The lowest BCUT2D eigenvalue weighted by Gasteiger charge is -2.08. The third-order valence-electron chi connectivity index (χ3n) is 2.22. The van der Waals surface area contributed by atoms with Crippen molar-refractivity contribution in [3.8, 4) is 0 Å². The number of nitrogens with zero attached hydrogens (tertiary/aromatic N) is 3. The van der Waals surface area contributed by atoms with Crippen LogP contribution in [0.25, 0.3) is 0 Å². The van der Waals surface area contributed by atoms with Crippen LogP contribution in [0.4, 0.5) is 17.3 Å². The van der Waals surface area contributed by atoms with Crippen LogP contribution in [0.3, 0.4) is 0 Å². The van der Waals surface area contributed by atoms with Gasteiger partial charge in [-0.3, -0.25) is 10.1 Å². The molecule has 106 valence electrons. The second-order valence-electron chi connectivity index (χ2n) is 3.38. The Kier molecular flexibility index (Phi) is 4.94. The van der Waals surface area contributed by atoms with E-state index in [1.54, 1.807) is 0 Å². The molecule has 0 aliphatic rings. The maximum atomic E-state index is 11.2. The van der Waals surface area contributed by atoms with Gasteiger partial charge < -0.3 is 10.6 Å². The molecule has 0 amide bonds. The predicted molar refractivity (Wildman–Crippen MR) is 69.6 cm³/mol. The van der Waals surface area contributed by atoms with Crippen LogP contribution in [0.1, 0.15) is 0 Å². The summed E-state index contributed by atoms with van der Waals surface area (Å²) in [6.07, 6.45) is 1.15. The van der Waals surface area contributed by atoms with Gasteiger partial charge in [0.1, 0.15) is 6.33 Å². The largest absolute Gasteiger partial charge is 0.367 e. The zero-order valence-electron chi connectivity index (χ0n) is 10.4. The summed E-state index contributed by atoms with van der Waals surface area (Å²) in [5.74, 6) is -0.200. The van der Waals surface area contributed by atoms with Gasteiger partial charge in [0, 0.05) is 13.6 Å². The molecule has 1 rings (SSSR count). The highest BCUT2D eigenvalue weighted by molar-refractivity contribution is 7.89. The van der Waals surface area contributed by atoms with Gasteiger partial charge in [-0.05, 0) is 7.05 Å². The molecule has 0 aliphatic heterocycles. The summed E-state index contributed by atoms with van der Waals surface area (Å²) in [5.41, 5.74) is -0.327. The number of nitrogens with one attached hydrogen (secondary N) is 3. The van der Waals surface area contributed by atoms with Crippen LogP contribution in [-0.4, -0.2) is 49.7 Å². The summed E-state index contributed by atoms with van der Waals surface area (Å²) in [7, 11) is -0.596. The second-order valence-corrected chi connectivity index (χ2v) is 5.42. The molecule has 0 aliphatic carbocycles. The highest BCUT2D eigenvalue weighted by Crippen LogP contribution is 2.27. The Bertz CT molecular complexity index is 560. The van der Waals surface area contributed by atoms with E-state index < -0.39 is 14.9 Å². The van der Waals surface area contributed by atoms with Crippen LogP contribution in [0.5, 0.6) is 0 Å². The number of hydrogen-bond acceptors (Lipinski definition) is 8. The molecule has 11 heteroatoms. The lowest BCUT2D eigenvalue weighted by atomic mass is 10.4. The summed E-state index contributed by atoms with van der Waals surface area (Å²) in [6.45, 7) is -0.00974. The molecule has 0 saturated carbocycles. The highest BCUT2D eigenvalue weighted by atomic mass is 32.2. The Morgan fingerprint density at radius 2 is 1.95 bits per heavy atom. The third kappa shape index (κ3) is 3.99. The van der Waals surface area contributed by atoms with Crippen molar-refractivity contribution in [1.82, 2.24) is 14.7 Å². The van der Waals surface area contributed by atoms with Crippen LogP contribution in [0, 0.1) is 10.1 Å². The Hall–Kier alpha value is -2.01. The van der Waals surface area contributed by atoms with Crippen LogP contribution >= 0.6 is 0 Å². The summed E-state index contributed by atoms with van der Waals surface area (Å²) in [5, 5.41) is 16.1. The number of hydrogen-bond donors (Lipinski definition) is 3. The fourth-order valence-corrected chi connectivity index (χ4v) is 1.84. The van der Waals surface area contributed by atoms with E-state index in [2.05, 4.69) is 25.3 Å². The SMILES string of the molecule is CNc1ncnc(NCCS(=O)(=O)NC)c1[N+](=O)[O-]. The summed E-state index contributed by atoms with van der Waals surface area (Å²) < 4.78 is 24.5. The standard InChI is InChI=1S/C8H14N6O4S/c1-9-7-6(14(15)16)8(13-5-12-7)11-3-4-19(17,18)10-2/h5,10H,3-4H2,1-2H3,(H2,9,11,12,13). The average Bonchev–Trinajstić information content (AvgIpc) is 2.37. The van der Waals surface area contributed by atoms with Crippen molar-refractivity contribution in [1.29, 1.82) is 0 Å². The molecule has 19 heavy (non-hydrogen) atoms. The minimum atomic E-state index is -3.38. The first-order valence-corrected chi connectivity index (χ1v) is 6.88. The van der Waals surface area contributed by atoms with Gasteiger partial charge in [0.2, 0.25) is 21.7 Å². The van der Waals surface area contributed by atoms with E-state index in [0.29, 0.717) is 0 Å². The summed E-state index contributed by atoms with van der Waals surface area (Å²) in [6, 6.07) is 0. The van der Waals surface area contributed by atoms with Gasteiger partial charge in [0.05, 0.1) is 10.7 Å². The first-order valence-electron chi connectivity index (χ1n) is 5.23. The molecule has 0 saturated heterocycles. The number of nitro groups is 1. The van der Waals surface area contributed by atoms with Crippen molar-refractivity contribution in [3.63, 3.8) is 0 Å². The van der Waals surface area contributed by atoms with Crippen molar-refractivity contribution >= 4 is 27.3 Å². The summed E-state index contributed by atoms with van der Waals surface area (Å²) in [4.78, 5) is 17.7. The van der Waals surface area contributed by atoms with Gasteiger partial charge in [-0.25, -0.2) is 23.1 Å². The maximum Gasteiger partial charge on any atom is 0.353 e.